The van der Waals surface area contributed by atoms with E-state index in [9.17, 15) is 4.39 Å². The third-order valence-electron chi connectivity index (χ3n) is 3.95. The van der Waals surface area contributed by atoms with Gasteiger partial charge in [-0.05, 0) is 60.5 Å². The predicted octanol–water partition coefficient (Wildman–Crippen LogP) is 3.78. The zero-order valence-electron chi connectivity index (χ0n) is 11.8. The summed E-state index contributed by atoms with van der Waals surface area (Å²) in [6.07, 6.45) is 1.06. The van der Waals surface area contributed by atoms with Crippen LogP contribution < -0.4 is 10.6 Å². The maximum Gasteiger partial charge on any atom is 0.126 e. The van der Waals surface area contributed by atoms with Crippen molar-refractivity contribution in [3.63, 3.8) is 0 Å². The summed E-state index contributed by atoms with van der Waals surface area (Å²) in [5.41, 5.74) is 10.1. The van der Waals surface area contributed by atoms with E-state index in [1.807, 2.05) is 31.3 Å². The molecule has 0 bridgehead atoms. The fraction of sp³-hybridized carbons (Fsp3) is 0.375. The number of hydrogen-bond acceptors (Lipinski definition) is 3. The van der Waals surface area contributed by atoms with Gasteiger partial charge in [0.2, 0.25) is 0 Å². The summed E-state index contributed by atoms with van der Waals surface area (Å²) in [6, 6.07) is 5.56. The van der Waals surface area contributed by atoms with Gasteiger partial charge in [-0.15, -0.1) is 11.3 Å². The van der Waals surface area contributed by atoms with Crippen LogP contribution in [0.3, 0.4) is 0 Å². The standard InChI is InChI=1S/C16H19FN2S/c1-10-7-15(13(11(2)18)8-14(10)17)19-5-3-16-12(9-19)4-6-20-16/h4,6-8,11H,3,5,9,18H2,1-2H3/t11-/m1/s1. The first-order valence-corrected chi connectivity index (χ1v) is 7.80. The number of rotatable bonds is 2. The van der Waals surface area contributed by atoms with Crippen molar-refractivity contribution in [2.24, 2.45) is 5.73 Å². The summed E-state index contributed by atoms with van der Waals surface area (Å²) in [5, 5.41) is 2.15. The van der Waals surface area contributed by atoms with Gasteiger partial charge < -0.3 is 10.6 Å². The monoisotopic (exact) mass is 290 g/mol. The van der Waals surface area contributed by atoms with Crippen LogP contribution in [-0.2, 0) is 13.0 Å². The molecular formula is C16H19FN2S. The van der Waals surface area contributed by atoms with Crippen LogP contribution >= 0.6 is 11.3 Å². The molecule has 2 heterocycles. The van der Waals surface area contributed by atoms with Gasteiger partial charge in [0.1, 0.15) is 5.82 Å². The van der Waals surface area contributed by atoms with Gasteiger partial charge in [0.05, 0.1) is 0 Å². The lowest BCUT2D eigenvalue weighted by molar-refractivity contribution is 0.611. The van der Waals surface area contributed by atoms with Crippen LogP contribution in [0.4, 0.5) is 10.1 Å². The molecule has 106 valence electrons. The Bertz CT molecular complexity index is 633. The fourth-order valence-corrected chi connectivity index (χ4v) is 3.66. The van der Waals surface area contributed by atoms with Gasteiger partial charge in [-0.2, -0.15) is 0 Å². The molecule has 1 aliphatic rings. The van der Waals surface area contributed by atoms with Crippen LogP contribution in [0, 0.1) is 12.7 Å². The molecule has 2 aromatic rings. The molecule has 0 radical (unpaired) electrons. The molecule has 1 atom stereocenters. The number of fused-ring (bicyclic) bond motifs is 1. The van der Waals surface area contributed by atoms with Crippen LogP contribution in [0.5, 0.6) is 0 Å². The highest BCUT2D eigenvalue weighted by Gasteiger charge is 2.21. The van der Waals surface area contributed by atoms with Crippen molar-refractivity contribution in [2.75, 3.05) is 11.4 Å². The second-order valence-corrected chi connectivity index (χ2v) is 6.49. The molecule has 0 spiro atoms. The van der Waals surface area contributed by atoms with E-state index in [1.165, 1.54) is 10.4 Å². The number of benzene rings is 1. The molecule has 0 saturated carbocycles. The topological polar surface area (TPSA) is 29.3 Å². The average Bonchev–Trinajstić information content (AvgIpc) is 2.88. The summed E-state index contributed by atoms with van der Waals surface area (Å²) in [7, 11) is 0. The Morgan fingerprint density at radius 2 is 2.20 bits per heavy atom. The minimum Gasteiger partial charge on any atom is -0.367 e. The zero-order chi connectivity index (χ0) is 14.3. The van der Waals surface area contributed by atoms with Gasteiger partial charge in [-0.3, -0.25) is 0 Å². The van der Waals surface area contributed by atoms with Crippen molar-refractivity contribution in [1.82, 2.24) is 0 Å². The maximum atomic E-state index is 13.8. The first kappa shape index (κ1) is 13.6. The van der Waals surface area contributed by atoms with Gasteiger partial charge in [-0.25, -0.2) is 4.39 Å². The summed E-state index contributed by atoms with van der Waals surface area (Å²) < 4.78 is 13.8. The van der Waals surface area contributed by atoms with Crippen LogP contribution in [0.2, 0.25) is 0 Å². The van der Waals surface area contributed by atoms with Crippen LogP contribution in [0.25, 0.3) is 0 Å². The lowest BCUT2D eigenvalue weighted by Gasteiger charge is -2.32. The summed E-state index contributed by atoms with van der Waals surface area (Å²) >= 11 is 1.83. The SMILES string of the molecule is Cc1cc(N2CCc3sccc3C2)c([C@@H](C)N)cc1F. The highest BCUT2D eigenvalue weighted by molar-refractivity contribution is 7.10. The van der Waals surface area contributed by atoms with Gasteiger partial charge >= 0.3 is 0 Å². The van der Waals surface area contributed by atoms with Crippen molar-refractivity contribution >= 4 is 17.0 Å². The Hall–Kier alpha value is -1.39. The van der Waals surface area contributed by atoms with E-state index in [0.717, 1.165) is 30.8 Å². The van der Waals surface area contributed by atoms with Crippen molar-refractivity contribution in [1.29, 1.82) is 0 Å². The highest BCUT2D eigenvalue weighted by atomic mass is 32.1. The van der Waals surface area contributed by atoms with Crippen LogP contribution in [0.15, 0.2) is 23.6 Å². The first-order chi connectivity index (χ1) is 9.56. The van der Waals surface area contributed by atoms with E-state index in [4.69, 9.17) is 5.73 Å². The largest absolute Gasteiger partial charge is 0.367 e. The molecule has 3 rings (SSSR count). The number of nitrogens with two attached hydrogens (primary N) is 1. The number of thiophene rings is 1. The van der Waals surface area contributed by atoms with E-state index in [0.29, 0.717) is 5.56 Å². The van der Waals surface area contributed by atoms with Gasteiger partial charge in [-0.1, -0.05) is 0 Å². The highest BCUT2D eigenvalue weighted by Crippen LogP contribution is 2.33. The third-order valence-corrected chi connectivity index (χ3v) is 4.97. The van der Waals surface area contributed by atoms with Crippen molar-refractivity contribution in [2.45, 2.75) is 32.9 Å². The summed E-state index contributed by atoms with van der Waals surface area (Å²) in [5.74, 6) is -0.172. The Balaban J connectivity index is 2.00. The Morgan fingerprint density at radius 3 is 2.95 bits per heavy atom. The van der Waals surface area contributed by atoms with Crippen molar-refractivity contribution in [3.05, 3.63) is 51.0 Å². The molecule has 0 saturated heterocycles. The molecule has 0 fully saturated rings. The fourth-order valence-electron chi connectivity index (χ4n) is 2.77. The van der Waals surface area contributed by atoms with E-state index < -0.39 is 0 Å². The Morgan fingerprint density at radius 1 is 1.40 bits per heavy atom. The second-order valence-electron chi connectivity index (χ2n) is 5.49. The van der Waals surface area contributed by atoms with Crippen LogP contribution in [-0.4, -0.2) is 6.54 Å². The lowest BCUT2D eigenvalue weighted by Crippen LogP contribution is -2.31. The number of hydrogen-bond donors (Lipinski definition) is 1. The first-order valence-electron chi connectivity index (χ1n) is 6.92. The van der Waals surface area contributed by atoms with Gasteiger partial charge in [0.25, 0.3) is 0 Å². The minimum atomic E-state index is -0.172. The van der Waals surface area contributed by atoms with E-state index >= 15 is 0 Å². The summed E-state index contributed by atoms with van der Waals surface area (Å²) in [4.78, 5) is 3.79. The zero-order valence-corrected chi connectivity index (χ0v) is 12.6. The minimum absolute atomic E-state index is 0.163. The molecule has 1 aromatic carbocycles. The smallest absolute Gasteiger partial charge is 0.126 e. The molecule has 0 amide bonds. The molecule has 1 aliphatic heterocycles. The number of aryl methyl sites for hydroxylation is 1. The second kappa shape index (κ2) is 5.19. The third kappa shape index (κ3) is 2.34. The van der Waals surface area contributed by atoms with Gasteiger partial charge in [0, 0.05) is 29.7 Å². The van der Waals surface area contributed by atoms with Crippen molar-refractivity contribution < 1.29 is 4.39 Å². The maximum absolute atomic E-state index is 13.8. The molecule has 4 heteroatoms. The number of halogens is 1. The number of anilines is 1. The summed E-state index contributed by atoms with van der Waals surface area (Å²) in [6.45, 7) is 5.58. The quantitative estimate of drug-likeness (QED) is 0.912. The Kier molecular flexibility index (Phi) is 3.52. The normalized spacial score (nSPS) is 16.1. The molecular weight excluding hydrogens is 271 g/mol. The van der Waals surface area contributed by atoms with Crippen molar-refractivity contribution in [3.8, 4) is 0 Å². The molecule has 0 unspecified atom stereocenters. The van der Waals surface area contributed by atoms with E-state index in [1.54, 1.807) is 6.07 Å². The molecule has 2 N–H and O–H groups in total. The number of nitrogens with zero attached hydrogens (tertiary/aromatic N) is 1. The Labute approximate surface area is 123 Å². The van der Waals surface area contributed by atoms with E-state index in [2.05, 4.69) is 16.3 Å². The lowest BCUT2D eigenvalue weighted by atomic mass is 10.0. The molecule has 20 heavy (non-hydrogen) atoms. The predicted molar refractivity (Wildman–Crippen MR) is 82.8 cm³/mol. The van der Waals surface area contributed by atoms with Crippen LogP contribution in [0.1, 0.15) is 34.5 Å². The van der Waals surface area contributed by atoms with Gasteiger partial charge in [0.15, 0.2) is 0 Å². The molecule has 2 nitrogen and oxygen atoms in total. The molecule has 0 aliphatic carbocycles. The average molecular weight is 290 g/mol. The van der Waals surface area contributed by atoms with E-state index in [-0.39, 0.29) is 11.9 Å². The molecule has 1 aromatic heterocycles.